The summed E-state index contributed by atoms with van der Waals surface area (Å²) in [5.74, 6) is -3.35. The van der Waals surface area contributed by atoms with E-state index < -0.39 is 29.3 Å². The number of benzene rings is 1. The molecule has 14 nitrogen and oxygen atoms in total. The van der Waals surface area contributed by atoms with Crippen LogP contribution in [0.2, 0.25) is 0 Å². The second kappa shape index (κ2) is 18.6. The first kappa shape index (κ1) is 39.3. The van der Waals surface area contributed by atoms with Crippen LogP contribution in [0, 0.1) is 5.41 Å². The highest BCUT2D eigenvalue weighted by molar-refractivity contribution is 5.70. The fourth-order valence-electron chi connectivity index (χ4n) is 6.86. The molecule has 1 unspecified atom stereocenters. The van der Waals surface area contributed by atoms with Crippen LogP contribution < -0.4 is 0 Å². The number of aliphatic carboxylic acids is 4. The van der Waals surface area contributed by atoms with Crippen LogP contribution in [-0.4, -0.2) is 184 Å². The maximum atomic E-state index is 12.2. The molecular weight excluding hydrogens is 620 g/mol. The van der Waals surface area contributed by atoms with Gasteiger partial charge in [0, 0.05) is 91.1 Å². The lowest BCUT2D eigenvalue weighted by Crippen LogP contribution is -2.57. The normalized spacial score (nSPS) is 21.1. The Kier molecular flexibility index (Phi) is 15.2. The minimum absolute atomic E-state index is 0.143. The summed E-state index contributed by atoms with van der Waals surface area (Å²) in [6.45, 7) is 14.6. The Balaban J connectivity index is 1.86. The van der Waals surface area contributed by atoms with Crippen molar-refractivity contribution in [3.63, 3.8) is 0 Å². The molecule has 1 aromatic rings. The van der Waals surface area contributed by atoms with Gasteiger partial charge in [0.25, 0.3) is 0 Å². The van der Waals surface area contributed by atoms with Crippen molar-refractivity contribution in [1.82, 2.24) is 29.4 Å². The molecule has 1 atom stereocenters. The first-order valence-electron chi connectivity index (χ1n) is 16.9. The quantitative estimate of drug-likeness (QED) is 0.219. The Morgan fingerprint density at radius 1 is 0.625 bits per heavy atom. The SMILES string of the molecule is CC(C)c1ccc(CN2CCN(CC(=O)O)CC(C(C)(C)CN3CCN(CC(=O)O)CCN(CC(=O)O)CC3)N(CC(=O)O)CC2)cc1. The predicted molar refractivity (Wildman–Crippen MR) is 181 cm³/mol. The summed E-state index contributed by atoms with van der Waals surface area (Å²) in [5, 5.41) is 38.8. The molecule has 0 bridgehead atoms. The third kappa shape index (κ3) is 13.4. The Bertz CT molecular complexity index is 1180. The van der Waals surface area contributed by atoms with E-state index in [1.165, 1.54) is 5.56 Å². The highest BCUT2D eigenvalue weighted by Gasteiger charge is 2.39. The molecule has 0 aromatic heterocycles. The molecule has 2 aliphatic heterocycles. The Morgan fingerprint density at radius 2 is 1.04 bits per heavy atom. The monoisotopic (exact) mass is 676 g/mol. The number of carboxylic acids is 4. The van der Waals surface area contributed by atoms with E-state index in [-0.39, 0.29) is 32.2 Å². The third-order valence-corrected chi connectivity index (χ3v) is 9.51. The fraction of sp³-hybridized carbons (Fsp3) is 0.706. The van der Waals surface area contributed by atoms with Gasteiger partial charge in [0.2, 0.25) is 0 Å². The first-order chi connectivity index (χ1) is 22.6. The van der Waals surface area contributed by atoms with Crippen molar-refractivity contribution in [2.75, 3.05) is 105 Å². The second-order valence-corrected chi connectivity index (χ2v) is 14.3. The van der Waals surface area contributed by atoms with Crippen LogP contribution in [0.3, 0.4) is 0 Å². The van der Waals surface area contributed by atoms with E-state index in [4.69, 9.17) is 0 Å². The molecule has 2 fully saturated rings. The summed E-state index contributed by atoms with van der Waals surface area (Å²) < 4.78 is 0. The third-order valence-electron chi connectivity index (χ3n) is 9.51. The lowest BCUT2D eigenvalue weighted by atomic mass is 9.81. The van der Waals surface area contributed by atoms with E-state index in [9.17, 15) is 39.6 Å². The maximum absolute atomic E-state index is 12.2. The maximum Gasteiger partial charge on any atom is 0.317 e. The van der Waals surface area contributed by atoms with Gasteiger partial charge in [-0.2, -0.15) is 0 Å². The number of rotatable bonds is 14. The molecule has 0 amide bonds. The number of hydrogen-bond donors (Lipinski definition) is 4. The Morgan fingerprint density at radius 3 is 1.52 bits per heavy atom. The van der Waals surface area contributed by atoms with Crippen molar-refractivity contribution in [3.8, 4) is 0 Å². The summed E-state index contributed by atoms with van der Waals surface area (Å²) >= 11 is 0. The standard InChI is InChI=1S/C34H56N6O8/c1-26(2)28-7-5-27(6-8-28)19-35-13-16-39(23-32(45)46)20-29(40(18-17-35)24-33(47)48)34(3,4)25-38-14-11-36(21-30(41)42)9-10-37(12-15-38)22-31(43)44/h5-8,26,29H,9-25H2,1-4H3,(H,41,42)(H,43,44)(H,45,46)(H,47,48). The summed E-state index contributed by atoms with van der Waals surface area (Å²) in [6.07, 6.45) is 0. The zero-order valence-electron chi connectivity index (χ0n) is 29.1. The molecule has 2 saturated heterocycles. The van der Waals surface area contributed by atoms with Gasteiger partial charge in [-0.3, -0.25) is 43.7 Å². The van der Waals surface area contributed by atoms with Crippen LogP contribution in [0.1, 0.15) is 44.7 Å². The molecule has 0 aliphatic carbocycles. The van der Waals surface area contributed by atoms with E-state index in [0.717, 1.165) is 5.56 Å². The van der Waals surface area contributed by atoms with Gasteiger partial charge in [-0.15, -0.1) is 0 Å². The van der Waals surface area contributed by atoms with Crippen molar-refractivity contribution >= 4 is 23.9 Å². The Hall–Kier alpha value is -3.14. The lowest BCUT2D eigenvalue weighted by molar-refractivity contribution is -0.141. The van der Waals surface area contributed by atoms with Crippen molar-refractivity contribution in [3.05, 3.63) is 35.4 Å². The van der Waals surface area contributed by atoms with E-state index in [2.05, 4.69) is 61.8 Å². The highest BCUT2D eigenvalue weighted by atomic mass is 16.4. The summed E-state index contributed by atoms with van der Waals surface area (Å²) in [4.78, 5) is 59.3. The van der Waals surface area contributed by atoms with Gasteiger partial charge in [0.05, 0.1) is 26.2 Å². The smallest absolute Gasteiger partial charge is 0.317 e. The molecule has 0 spiro atoms. The summed E-state index contributed by atoms with van der Waals surface area (Å²) in [7, 11) is 0. The molecule has 2 heterocycles. The van der Waals surface area contributed by atoms with Gasteiger partial charge in [0.15, 0.2) is 0 Å². The van der Waals surface area contributed by atoms with Gasteiger partial charge in [0.1, 0.15) is 0 Å². The number of hydrogen-bond acceptors (Lipinski definition) is 10. The van der Waals surface area contributed by atoms with Gasteiger partial charge in [-0.25, -0.2) is 0 Å². The van der Waals surface area contributed by atoms with Gasteiger partial charge in [-0.1, -0.05) is 52.0 Å². The van der Waals surface area contributed by atoms with Crippen molar-refractivity contribution in [2.45, 2.75) is 46.2 Å². The zero-order valence-corrected chi connectivity index (χ0v) is 29.1. The molecule has 0 radical (unpaired) electrons. The molecular formula is C34H56N6O8. The van der Waals surface area contributed by atoms with Gasteiger partial charge in [-0.05, 0) is 22.5 Å². The van der Waals surface area contributed by atoms with Crippen LogP contribution in [0.25, 0.3) is 0 Å². The molecule has 2 aliphatic rings. The molecule has 48 heavy (non-hydrogen) atoms. The van der Waals surface area contributed by atoms with E-state index >= 15 is 0 Å². The van der Waals surface area contributed by atoms with Crippen LogP contribution in [0.15, 0.2) is 24.3 Å². The fourth-order valence-corrected chi connectivity index (χ4v) is 6.86. The van der Waals surface area contributed by atoms with Crippen LogP contribution >= 0.6 is 0 Å². The molecule has 1 aromatic carbocycles. The van der Waals surface area contributed by atoms with Gasteiger partial charge >= 0.3 is 23.9 Å². The highest BCUT2D eigenvalue weighted by Crippen LogP contribution is 2.29. The van der Waals surface area contributed by atoms with Crippen LogP contribution in [0.4, 0.5) is 0 Å². The summed E-state index contributed by atoms with van der Waals surface area (Å²) in [6, 6.07) is 8.21. The zero-order chi connectivity index (χ0) is 35.4. The number of nitrogens with zero attached hydrogens (tertiary/aromatic N) is 6. The molecule has 0 saturated carbocycles. The Labute approximate surface area is 284 Å². The molecule has 4 N–H and O–H groups in total. The average molecular weight is 677 g/mol. The molecule has 270 valence electrons. The van der Waals surface area contributed by atoms with E-state index in [1.54, 1.807) is 0 Å². The van der Waals surface area contributed by atoms with E-state index in [1.807, 2.05) is 19.6 Å². The van der Waals surface area contributed by atoms with Crippen molar-refractivity contribution in [2.24, 2.45) is 5.41 Å². The molecule has 14 heteroatoms. The average Bonchev–Trinajstić information content (AvgIpc) is 3.11. The minimum atomic E-state index is -0.952. The van der Waals surface area contributed by atoms with Gasteiger partial charge < -0.3 is 25.3 Å². The van der Waals surface area contributed by atoms with Crippen molar-refractivity contribution in [1.29, 1.82) is 0 Å². The second-order valence-electron chi connectivity index (χ2n) is 14.3. The summed E-state index contributed by atoms with van der Waals surface area (Å²) in [5.41, 5.74) is 1.89. The van der Waals surface area contributed by atoms with Crippen molar-refractivity contribution < 1.29 is 39.6 Å². The van der Waals surface area contributed by atoms with Crippen LogP contribution in [0.5, 0.6) is 0 Å². The number of carbonyl (C=O) groups is 4. The minimum Gasteiger partial charge on any atom is -0.480 e. The largest absolute Gasteiger partial charge is 0.480 e. The lowest BCUT2D eigenvalue weighted by Gasteiger charge is -2.45. The topological polar surface area (TPSA) is 169 Å². The molecule has 3 rings (SSSR count). The van der Waals surface area contributed by atoms with Crippen LogP contribution in [-0.2, 0) is 25.7 Å². The number of carboxylic acid groups (broad SMARTS) is 4. The first-order valence-corrected chi connectivity index (χ1v) is 16.9. The van der Waals surface area contributed by atoms with E-state index in [0.29, 0.717) is 91.0 Å². The predicted octanol–water partition coefficient (Wildman–Crippen LogP) is 0.882.